The predicted octanol–water partition coefficient (Wildman–Crippen LogP) is 2.42. The van der Waals surface area contributed by atoms with Gasteiger partial charge in [0.25, 0.3) is 0 Å². The molecule has 1 aromatic rings. The minimum absolute atomic E-state index is 0.746. The Bertz CT molecular complexity index is 284. The van der Waals surface area contributed by atoms with Gasteiger partial charge in [-0.25, -0.2) is 0 Å². The van der Waals surface area contributed by atoms with Crippen molar-refractivity contribution >= 4 is 0 Å². The van der Waals surface area contributed by atoms with Gasteiger partial charge in [0.15, 0.2) is 0 Å². The van der Waals surface area contributed by atoms with Gasteiger partial charge in [-0.3, -0.25) is 0 Å². The van der Waals surface area contributed by atoms with E-state index in [1.54, 1.807) is 0 Å². The third-order valence-electron chi connectivity index (χ3n) is 2.35. The summed E-state index contributed by atoms with van der Waals surface area (Å²) < 4.78 is 5.59. The molecular formula is C12H19NO. The van der Waals surface area contributed by atoms with E-state index >= 15 is 0 Å². The molecule has 78 valence electrons. The summed E-state index contributed by atoms with van der Waals surface area (Å²) in [5.41, 5.74) is 7.98. The van der Waals surface area contributed by atoms with Crippen LogP contribution in [-0.2, 0) is 0 Å². The molecule has 1 rings (SSSR count). The van der Waals surface area contributed by atoms with Crippen molar-refractivity contribution in [3.05, 3.63) is 29.3 Å². The van der Waals surface area contributed by atoms with E-state index in [1.165, 1.54) is 11.1 Å². The van der Waals surface area contributed by atoms with Crippen molar-refractivity contribution in [3.63, 3.8) is 0 Å². The van der Waals surface area contributed by atoms with Crippen LogP contribution >= 0.6 is 0 Å². The standard InChI is InChI=1S/C12H19NO/c1-10-5-6-12(9-11(10)2)14-8-4-3-7-13/h5-6,9H,3-4,7-8,13H2,1-2H3. The highest BCUT2D eigenvalue weighted by Gasteiger charge is 1.96. The molecule has 0 radical (unpaired) electrons. The second-order valence-corrected chi connectivity index (χ2v) is 3.59. The van der Waals surface area contributed by atoms with Gasteiger partial charge in [0, 0.05) is 0 Å². The van der Waals surface area contributed by atoms with Crippen molar-refractivity contribution in [1.29, 1.82) is 0 Å². The van der Waals surface area contributed by atoms with E-state index < -0.39 is 0 Å². The van der Waals surface area contributed by atoms with Gasteiger partial charge < -0.3 is 10.5 Å². The van der Waals surface area contributed by atoms with E-state index in [4.69, 9.17) is 10.5 Å². The van der Waals surface area contributed by atoms with Crippen molar-refractivity contribution < 1.29 is 4.74 Å². The zero-order valence-electron chi connectivity index (χ0n) is 9.05. The lowest BCUT2D eigenvalue weighted by Gasteiger charge is -2.07. The second-order valence-electron chi connectivity index (χ2n) is 3.59. The summed E-state index contributed by atoms with van der Waals surface area (Å²) in [4.78, 5) is 0. The summed E-state index contributed by atoms with van der Waals surface area (Å²) >= 11 is 0. The molecule has 14 heavy (non-hydrogen) atoms. The first-order chi connectivity index (χ1) is 6.74. The van der Waals surface area contributed by atoms with Crippen LogP contribution in [0.4, 0.5) is 0 Å². The first-order valence-corrected chi connectivity index (χ1v) is 5.14. The molecule has 0 bridgehead atoms. The molecule has 0 aliphatic carbocycles. The quantitative estimate of drug-likeness (QED) is 0.729. The van der Waals surface area contributed by atoms with Gasteiger partial charge in [0.05, 0.1) is 6.61 Å². The summed E-state index contributed by atoms with van der Waals surface area (Å²) in [6.07, 6.45) is 2.06. The topological polar surface area (TPSA) is 35.2 Å². The van der Waals surface area contributed by atoms with Crippen LogP contribution in [-0.4, -0.2) is 13.2 Å². The van der Waals surface area contributed by atoms with Crippen molar-refractivity contribution in [2.75, 3.05) is 13.2 Å². The third-order valence-corrected chi connectivity index (χ3v) is 2.35. The van der Waals surface area contributed by atoms with Crippen LogP contribution in [0.2, 0.25) is 0 Å². The zero-order valence-corrected chi connectivity index (χ0v) is 9.05. The molecule has 1 aromatic carbocycles. The maximum absolute atomic E-state index is 5.59. The molecule has 2 heteroatoms. The van der Waals surface area contributed by atoms with Gasteiger partial charge in [-0.15, -0.1) is 0 Å². The maximum atomic E-state index is 5.59. The van der Waals surface area contributed by atoms with Gasteiger partial charge in [-0.1, -0.05) is 6.07 Å². The lowest BCUT2D eigenvalue weighted by Crippen LogP contribution is -2.03. The Labute approximate surface area is 86.1 Å². The summed E-state index contributed by atoms with van der Waals surface area (Å²) in [6, 6.07) is 6.19. The molecule has 0 amide bonds. The first-order valence-electron chi connectivity index (χ1n) is 5.14. The number of hydrogen-bond donors (Lipinski definition) is 1. The maximum Gasteiger partial charge on any atom is 0.119 e. The van der Waals surface area contributed by atoms with Crippen LogP contribution in [0, 0.1) is 13.8 Å². The number of unbranched alkanes of at least 4 members (excludes halogenated alkanes) is 1. The minimum Gasteiger partial charge on any atom is -0.494 e. The Kier molecular flexibility index (Phi) is 4.47. The van der Waals surface area contributed by atoms with E-state index in [9.17, 15) is 0 Å². The molecule has 0 aromatic heterocycles. The molecule has 0 heterocycles. The third kappa shape index (κ3) is 3.38. The van der Waals surface area contributed by atoms with Crippen LogP contribution in [0.3, 0.4) is 0 Å². The molecule has 0 aliphatic rings. The molecule has 2 nitrogen and oxygen atoms in total. The van der Waals surface area contributed by atoms with Gasteiger partial charge in [-0.05, 0) is 56.5 Å². The molecule has 0 saturated heterocycles. The van der Waals surface area contributed by atoms with Gasteiger partial charge in [0.1, 0.15) is 5.75 Å². The largest absolute Gasteiger partial charge is 0.494 e. The highest BCUT2D eigenvalue weighted by Crippen LogP contribution is 2.16. The summed E-state index contributed by atoms with van der Waals surface area (Å²) in [6.45, 7) is 5.71. The van der Waals surface area contributed by atoms with Gasteiger partial charge >= 0.3 is 0 Å². The van der Waals surface area contributed by atoms with Gasteiger partial charge in [-0.2, -0.15) is 0 Å². The second kappa shape index (κ2) is 5.66. The fraction of sp³-hybridized carbons (Fsp3) is 0.500. The smallest absolute Gasteiger partial charge is 0.119 e. The Morgan fingerprint density at radius 3 is 2.57 bits per heavy atom. The van der Waals surface area contributed by atoms with E-state index in [2.05, 4.69) is 26.0 Å². The Balaban J connectivity index is 2.39. The Morgan fingerprint density at radius 2 is 1.93 bits per heavy atom. The number of aryl methyl sites for hydroxylation is 2. The number of rotatable bonds is 5. The molecule has 0 aliphatic heterocycles. The van der Waals surface area contributed by atoms with E-state index in [0.29, 0.717) is 0 Å². The van der Waals surface area contributed by atoms with E-state index in [1.807, 2.05) is 6.07 Å². The number of ether oxygens (including phenoxy) is 1. The van der Waals surface area contributed by atoms with Crippen molar-refractivity contribution in [2.24, 2.45) is 5.73 Å². The number of benzene rings is 1. The van der Waals surface area contributed by atoms with Crippen molar-refractivity contribution in [3.8, 4) is 5.75 Å². The van der Waals surface area contributed by atoms with Crippen LogP contribution in [0.1, 0.15) is 24.0 Å². The number of nitrogens with two attached hydrogens (primary N) is 1. The summed E-state index contributed by atoms with van der Waals surface area (Å²) in [5.74, 6) is 0.963. The molecular weight excluding hydrogens is 174 g/mol. The van der Waals surface area contributed by atoms with Crippen LogP contribution < -0.4 is 10.5 Å². The van der Waals surface area contributed by atoms with Crippen LogP contribution in [0.25, 0.3) is 0 Å². The first kappa shape index (κ1) is 11.1. The van der Waals surface area contributed by atoms with E-state index in [-0.39, 0.29) is 0 Å². The van der Waals surface area contributed by atoms with Gasteiger partial charge in [0.2, 0.25) is 0 Å². The SMILES string of the molecule is Cc1ccc(OCCCCN)cc1C. The fourth-order valence-corrected chi connectivity index (χ4v) is 1.24. The molecule has 0 unspecified atom stereocenters. The van der Waals surface area contributed by atoms with Crippen molar-refractivity contribution in [1.82, 2.24) is 0 Å². The summed E-state index contributed by atoms with van der Waals surface area (Å²) in [7, 11) is 0. The van der Waals surface area contributed by atoms with Crippen LogP contribution in [0.15, 0.2) is 18.2 Å². The van der Waals surface area contributed by atoms with E-state index in [0.717, 1.165) is 31.7 Å². The Morgan fingerprint density at radius 1 is 1.14 bits per heavy atom. The molecule has 0 fully saturated rings. The monoisotopic (exact) mass is 193 g/mol. The minimum atomic E-state index is 0.746. The van der Waals surface area contributed by atoms with Crippen molar-refractivity contribution in [2.45, 2.75) is 26.7 Å². The van der Waals surface area contributed by atoms with Crippen LogP contribution in [0.5, 0.6) is 5.75 Å². The lowest BCUT2D eigenvalue weighted by molar-refractivity contribution is 0.307. The summed E-state index contributed by atoms with van der Waals surface area (Å²) in [5, 5.41) is 0. The average Bonchev–Trinajstić information content (AvgIpc) is 2.18. The highest BCUT2D eigenvalue weighted by molar-refractivity contribution is 5.33. The normalized spacial score (nSPS) is 10.2. The average molecular weight is 193 g/mol. The molecule has 0 saturated carbocycles. The lowest BCUT2D eigenvalue weighted by atomic mass is 10.1. The molecule has 2 N–H and O–H groups in total. The highest BCUT2D eigenvalue weighted by atomic mass is 16.5. The fourth-order valence-electron chi connectivity index (χ4n) is 1.24. The Hall–Kier alpha value is -1.02. The molecule has 0 spiro atoms. The zero-order chi connectivity index (χ0) is 10.4. The molecule has 0 atom stereocenters. The predicted molar refractivity (Wildman–Crippen MR) is 59.7 cm³/mol. The number of hydrogen-bond acceptors (Lipinski definition) is 2.